The van der Waals surface area contributed by atoms with Gasteiger partial charge in [-0.1, -0.05) is 6.92 Å². The Morgan fingerprint density at radius 3 is 2.69 bits per heavy atom. The summed E-state index contributed by atoms with van der Waals surface area (Å²) in [6.07, 6.45) is 4.05. The lowest BCUT2D eigenvalue weighted by Crippen LogP contribution is -2.33. The minimum Gasteiger partial charge on any atom is -0.466 e. The third-order valence-electron chi connectivity index (χ3n) is 2.05. The molecule has 5 nitrogen and oxygen atoms in total. The van der Waals surface area contributed by atoms with Gasteiger partial charge in [-0.2, -0.15) is 0 Å². The molecule has 0 aliphatic heterocycles. The van der Waals surface area contributed by atoms with Crippen LogP contribution >= 0.6 is 0 Å². The Morgan fingerprint density at radius 2 is 2.12 bits per heavy atom. The molecule has 0 aromatic heterocycles. The minimum atomic E-state index is -0.420. The van der Waals surface area contributed by atoms with Crippen LogP contribution < -0.4 is 10.6 Å². The maximum absolute atomic E-state index is 11.3. The molecule has 0 bridgehead atoms. The van der Waals surface area contributed by atoms with Gasteiger partial charge in [-0.15, -0.1) is 0 Å². The van der Waals surface area contributed by atoms with Gasteiger partial charge >= 0.3 is 5.97 Å². The van der Waals surface area contributed by atoms with Gasteiger partial charge in [-0.25, -0.2) is 4.79 Å². The largest absolute Gasteiger partial charge is 0.466 e. The van der Waals surface area contributed by atoms with Gasteiger partial charge in [0.05, 0.1) is 7.11 Å². The first-order valence-electron chi connectivity index (χ1n) is 5.37. The standard InChI is InChI=1S/C11H20N2O3/c1-4-9(2)13-10(14)5-7-12-8-6-11(15)16-3/h6,8-9,12H,4-5,7H2,1-3H3,(H,13,14)/b8-6+. The highest BCUT2D eigenvalue weighted by molar-refractivity contribution is 5.81. The Bertz CT molecular complexity index is 252. The number of carbonyl (C=O) groups is 2. The van der Waals surface area contributed by atoms with Gasteiger partial charge in [-0.05, 0) is 13.3 Å². The average molecular weight is 228 g/mol. The van der Waals surface area contributed by atoms with E-state index in [0.717, 1.165) is 6.42 Å². The zero-order valence-corrected chi connectivity index (χ0v) is 10.1. The number of nitrogens with one attached hydrogen (secondary N) is 2. The number of amides is 1. The van der Waals surface area contributed by atoms with E-state index in [1.807, 2.05) is 13.8 Å². The molecule has 92 valence electrons. The molecule has 0 aliphatic rings. The monoisotopic (exact) mass is 228 g/mol. The summed E-state index contributed by atoms with van der Waals surface area (Å²) in [7, 11) is 1.31. The van der Waals surface area contributed by atoms with Crippen molar-refractivity contribution in [1.29, 1.82) is 0 Å². The molecular formula is C11H20N2O3. The first kappa shape index (κ1) is 14.5. The van der Waals surface area contributed by atoms with Crippen molar-refractivity contribution in [2.45, 2.75) is 32.7 Å². The molecule has 1 unspecified atom stereocenters. The highest BCUT2D eigenvalue weighted by atomic mass is 16.5. The lowest BCUT2D eigenvalue weighted by molar-refractivity contribution is -0.134. The second kappa shape index (κ2) is 8.76. The molecule has 5 heteroatoms. The molecule has 0 saturated heterocycles. The van der Waals surface area contributed by atoms with Gasteiger partial charge in [0.1, 0.15) is 0 Å². The van der Waals surface area contributed by atoms with Crippen LogP contribution in [0.5, 0.6) is 0 Å². The fourth-order valence-corrected chi connectivity index (χ4v) is 0.913. The van der Waals surface area contributed by atoms with E-state index in [2.05, 4.69) is 15.4 Å². The van der Waals surface area contributed by atoms with Crippen LogP contribution in [0.3, 0.4) is 0 Å². The number of hydrogen-bond acceptors (Lipinski definition) is 4. The number of methoxy groups -OCH3 is 1. The maximum atomic E-state index is 11.3. The second-order valence-electron chi connectivity index (χ2n) is 3.44. The van der Waals surface area contributed by atoms with E-state index in [4.69, 9.17) is 0 Å². The van der Waals surface area contributed by atoms with E-state index in [1.165, 1.54) is 19.4 Å². The molecule has 2 N–H and O–H groups in total. The average Bonchev–Trinajstić information content (AvgIpc) is 2.27. The van der Waals surface area contributed by atoms with Crippen molar-refractivity contribution in [3.63, 3.8) is 0 Å². The Morgan fingerprint density at radius 1 is 1.44 bits per heavy atom. The van der Waals surface area contributed by atoms with Crippen LogP contribution in [-0.2, 0) is 14.3 Å². The molecule has 0 spiro atoms. The predicted molar refractivity (Wildman–Crippen MR) is 61.7 cm³/mol. The van der Waals surface area contributed by atoms with Gasteiger partial charge in [0.2, 0.25) is 5.91 Å². The summed E-state index contributed by atoms with van der Waals surface area (Å²) < 4.78 is 4.40. The number of hydrogen-bond donors (Lipinski definition) is 2. The number of esters is 1. The van der Waals surface area contributed by atoms with E-state index in [1.54, 1.807) is 0 Å². The summed E-state index contributed by atoms with van der Waals surface area (Å²) in [5.41, 5.74) is 0. The van der Waals surface area contributed by atoms with Crippen molar-refractivity contribution in [3.8, 4) is 0 Å². The molecule has 0 aromatic rings. The van der Waals surface area contributed by atoms with E-state index in [0.29, 0.717) is 13.0 Å². The van der Waals surface area contributed by atoms with E-state index in [9.17, 15) is 9.59 Å². The molecule has 0 heterocycles. The highest BCUT2D eigenvalue weighted by Crippen LogP contribution is 1.89. The molecule has 1 atom stereocenters. The summed E-state index contributed by atoms with van der Waals surface area (Å²) in [6.45, 7) is 4.47. The second-order valence-corrected chi connectivity index (χ2v) is 3.44. The van der Waals surface area contributed by atoms with Crippen LogP contribution in [0.15, 0.2) is 12.3 Å². The van der Waals surface area contributed by atoms with Crippen molar-refractivity contribution < 1.29 is 14.3 Å². The van der Waals surface area contributed by atoms with Gasteiger partial charge in [-0.3, -0.25) is 4.79 Å². The smallest absolute Gasteiger partial charge is 0.331 e. The van der Waals surface area contributed by atoms with Gasteiger partial charge in [0.15, 0.2) is 0 Å². The normalized spacial score (nSPS) is 12.2. The lowest BCUT2D eigenvalue weighted by atomic mass is 10.2. The third kappa shape index (κ3) is 7.84. The van der Waals surface area contributed by atoms with Crippen LogP contribution in [0, 0.1) is 0 Å². The van der Waals surface area contributed by atoms with E-state index >= 15 is 0 Å². The Labute approximate surface area is 96.2 Å². The number of carbonyl (C=O) groups excluding carboxylic acids is 2. The zero-order valence-electron chi connectivity index (χ0n) is 10.1. The molecule has 0 saturated carbocycles. The van der Waals surface area contributed by atoms with Crippen LogP contribution in [0.25, 0.3) is 0 Å². The summed E-state index contributed by atoms with van der Waals surface area (Å²) in [5, 5.41) is 5.68. The molecule has 0 rings (SSSR count). The van der Waals surface area contributed by atoms with Crippen molar-refractivity contribution >= 4 is 11.9 Å². The van der Waals surface area contributed by atoms with Gasteiger partial charge in [0.25, 0.3) is 0 Å². The maximum Gasteiger partial charge on any atom is 0.331 e. The Kier molecular flexibility index (Phi) is 7.93. The Balaban J connectivity index is 3.55. The lowest BCUT2D eigenvalue weighted by Gasteiger charge is -2.10. The molecular weight excluding hydrogens is 208 g/mol. The highest BCUT2D eigenvalue weighted by Gasteiger charge is 2.03. The molecule has 1 amide bonds. The molecule has 16 heavy (non-hydrogen) atoms. The summed E-state index contributed by atoms with van der Waals surface area (Å²) in [4.78, 5) is 22.0. The zero-order chi connectivity index (χ0) is 12.4. The third-order valence-corrected chi connectivity index (χ3v) is 2.05. The fraction of sp³-hybridized carbons (Fsp3) is 0.636. The van der Waals surface area contributed by atoms with Crippen molar-refractivity contribution in [1.82, 2.24) is 10.6 Å². The number of ether oxygens (including phenoxy) is 1. The summed E-state index contributed by atoms with van der Waals surface area (Å²) >= 11 is 0. The Hall–Kier alpha value is -1.52. The first-order chi connectivity index (χ1) is 7.60. The number of rotatable bonds is 7. The van der Waals surface area contributed by atoms with Crippen molar-refractivity contribution in [2.24, 2.45) is 0 Å². The fourth-order valence-electron chi connectivity index (χ4n) is 0.913. The van der Waals surface area contributed by atoms with Gasteiger partial charge < -0.3 is 15.4 Å². The first-order valence-corrected chi connectivity index (χ1v) is 5.37. The van der Waals surface area contributed by atoms with E-state index in [-0.39, 0.29) is 11.9 Å². The quantitative estimate of drug-likeness (QED) is 0.380. The topological polar surface area (TPSA) is 67.4 Å². The molecule has 0 radical (unpaired) electrons. The summed E-state index contributed by atoms with van der Waals surface area (Å²) in [5.74, 6) is -0.412. The predicted octanol–water partition coefficient (Wildman–Crippen LogP) is 0.567. The minimum absolute atomic E-state index is 0.00770. The summed E-state index contributed by atoms with van der Waals surface area (Å²) in [6, 6.07) is 0.207. The van der Waals surface area contributed by atoms with Crippen molar-refractivity contribution in [2.75, 3.05) is 13.7 Å². The van der Waals surface area contributed by atoms with Crippen molar-refractivity contribution in [3.05, 3.63) is 12.3 Å². The van der Waals surface area contributed by atoms with Crippen LogP contribution in [0.4, 0.5) is 0 Å². The van der Waals surface area contributed by atoms with Crippen LogP contribution in [0.2, 0.25) is 0 Å². The molecule has 0 aliphatic carbocycles. The molecule has 0 aromatic carbocycles. The van der Waals surface area contributed by atoms with E-state index < -0.39 is 5.97 Å². The van der Waals surface area contributed by atoms with Gasteiger partial charge in [0, 0.05) is 31.3 Å². The molecule has 0 fully saturated rings. The van der Waals surface area contributed by atoms with Crippen LogP contribution in [0.1, 0.15) is 26.7 Å². The SMILES string of the molecule is CCC(C)NC(=O)CCN/C=C/C(=O)OC. The van der Waals surface area contributed by atoms with Crippen LogP contribution in [-0.4, -0.2) is 31.6 Å².